The van der Waals surface area contributed by atoms with Crippen molar-refractivity contribution in [1.29, 1.82) is 0 Å². The van der Waals surface area contributed by atoms with Crippen molar-refractivity contribution < 1.29 is 83.9 Å². The summed E-state index contributed by atoms with van der Waals surface area (Å²) in [6.45, 7) is 10.4. The maximum absolute atomic E-state index is 11.8. The van der Waals surface area contributed by atoms with Crippen LogP contribution in [0.1, 0.15) is 92.4 Å². The number of aliphatic hydroxyl groups excluding tert-OH is 9. The summed E-state index contributed by atoms with van der Waals surface area (Å²) < 4.78 is 49.3. The normalized spacial score (nSPS) is 57.6. The summed E-state index contributed by atoms with van der Waals surface area (Å²) in [6, 6.07) is 0. The van der Waals surface area contributed by atoms with Gasteiger partial charge in [0.25, 0.3) is 0 Å². The Morgan fingerprint density at radius 3 is 2.08 bits per heavy atom. The summed E-state index contributed by atoms with van der Waals surface area (Å²) >= 11 is 0. The molecule has 0 radical (unpaired) electrons. The van der Waals surface area contributed by atoms with Crippen molar-refractivity contribution in [3.8, 4) is 0 Å². The largest absolute Gasteiger partial charge is 0.394 e. The van der Waals surface area contributed by atoms with E-state index in [9.17, 15) is 46.0 Å². The van der Waals surface area contributed by atoms with E-state index in [2.05, 4.69) is 33.8 Å². The van der Waals surface area contributed by atoms with Crippen molar-refractivity contribution >= 4 is 0 Å². The number of hydrogen-bond donors (Lipinski definition) is 9. The van der Waals surface area contributed by atoms with Gasteiger partial charge in [-0.05, 0) is 98.7 Å². The Bertz CT molecular complexity index is 1610. The molecule has 5 heterocycles. The Hall–Kier alpha value is -0.940. The third-order valence-corrected chi connectivity index (χ3v) is 17.7. The van der Waals surface area contributed by atoms with Gasteiger partial charge >= 0.3 is 0 Å². The van der Waals surface area contributed by atoms with Crippen LogP contribution in [0.15, 0.2) is 11.6 Å². The fourth-order valence-electron chi connectivity index (χ4n) is 14.0. The second-order valence-corrected chi connectivity index (χ2v) is 21.1. The fraction of sp³-hybridized carbons (Fsp3) is 0.956. The molecule has 17 heteroatoms. The zero-order valence-electron chi connectivity index (χ0n) is 36.6. The van der Waals surface area contributed by atoms with Crippen molar-refractivity contribution in [3.05, 3.63) is 11.6 Å². The highest BCUT2D eigenvalue weighted by molar-refractivity contribution is 5.26. The molecule has 0 amide bonds. The average Bonchev–Trinajstić information content (AvgIpc) is 3.70. The lowest BCUT2D eigenvalue weighted by molar-refractivity contribution is -0.389. The second kappa shape index (κ2) is 17.3. The van der Waals surface area contributed by atoms with Crippen LogP contribution in [-0.2, 0) is 37.9 Å². The fourth-order valence-corrected chi connectivity index (χ4v) is 14.0. The van der Waals surface area contributed by atoms with Gasteiger partial charge in [0, 0.05) is 12.3 Å². The lowest BCUT2D eigenvalue weighted by atomic mass is 9.47. The number of fused-ring (bicyclic) bond motifs is 7. The van der Waals surface area contributed by atoms with E-state index in [0.29, 0.717) is 48.3 Å². The Morgan fingerprint density at radius 2 is 1.37 bits per heavy atom. The summed E-state index contributed by atoms with van der Waals surface area (Å²) in [5.41, 5.74) is 1.54. The van der Waals surface area contributed by atoms with E-state index >= 15 is 0 Å². The van der Waals surface area contributed by atoms with E-state index in [1.54, 1.807) is 0 Å². The lowest BCUT2D eigenvalue weighted by Crippen LogP contribution is -2.67. The summed E-state index contributed by atoms with van der Waals surface area (Å²) in [5, 5.41) is 96.5. The molecule has 354 valence electrons. The summed E-state index contributed by atoms with van der Waals surface area (Å²) in [6.07, 6.45) is -12.2. The van der Waals surface area contributed by atoms with Crippen LogP contribution in [0.5, 0.6) is 0 Å². The van der Waals surface area contributed by atoms with E-state index in [0.717, 1.165) is 45.1 Å². The molecule has 9 aliphatic rings. The van der Waals surface area contributed by atoms with Gasteiger partial charge in [-0.25, -0.2) is 0 Å². The third-order valence-electron chi connectivity index (χ3n) is 17.7. The minimum Gasteiger partial charge on any atom is -0.394 e. The predicted octanol–water partition coefficient (Wildman–Crippen LogP) is 0.214. The van der Waals surface area contributed by atoms with Crippen LogP contribution in [0, 0.1) is 46.3 Å². The summed E-state index contributed by atoms with van der Waals surface area (Å²) in [7, 11) is 0. The van der Waals surface area contributed by atoms with Crippen LogP contribution in [0.25, 0.3) is 0 Å². The van der Waals surface area contributed by atoms with Crippen molar-refractivity contribution in [1.82, 2.24) is 0 Å². The molecule has 62 heavy (non-hydrogen) atoms. The van der Waals surface area contributed by atoms with E-state index in [1.165, 1.54) is 18.9 Å². The van der Waals surface area contributed by atoms with Gasteiger partial charge in [0.15, 0.2) is 24.7 Å². The van der Waals surface area contributed by atoms with Gasteiger partial charge in [0.1, 0.15) is 67.1 Å². The zero-order chi connectivity index (χ0) is 44.2. The number of ether oxygens (including phenoxy) is 8. The minimum absolute atomic E-state index is 0.0107. The van der Waals surface area contributed by atoms with Crippen LogP contribution in [0.3, 0.4) is 0 Å². The molecule has 5 aliphatic heterocycles. The quantitative estimate of drug-likeness (QED) is 0.148. The van der Waals surface area contributed by atoms with Gasteiger partial charge in [-0.15, -0.1) is 0 Å². The molecule has 0 bridgehead atoms. The first-order valence-electron chi connectivity index (χ1n) is 23.4. The first kappa shape index (κ1) is 46.2. The van der Waals surface area contributed by atoms with Crippen LogP contribution in [0.4, 0.5) is 0 Å². The minimum atomic E-state index is -1.81. The number of rotatable bonds is 8. The maximum atomic E-state index is 11.8. The van der Waals surface area contributed by atoms with Gasteiger partial charge in [-0.1, -0.05) is 39.3 Å². The molecule has 0 aromatic rings. The lowest BCUT2D eigenvalue weighted by Gasteiger charge is -2.58. The second-order valence-electron chi connectivity index (χ2n) is 21.1. The summed E-state index contributed by atoms with van der Waals surface area (Å²) in [4.78, 5) is 0. The maximum Gasteiger partial charge on any atom is 0.187 e. The third kappa shape index (κ3) is 7.49. The predicted molar refractivity (Wildman–Crippen MR) is 214 cm³/mol. The molecule has 17 nitrogen and oxygen atoms in total. The molecule has 9 rings (SSSR count). The van der Waals surface area contributed by atoms with Crippen LogP contribution >= 0.6 is 0 Å². The van der Waals surface area contributed by atoms with Crippen LogP contribution in [-0.4, -0.2) is 176 Å². The molecule has 26 atom stereocenters. The average molecular weight is 885 g/mol. The van der Waals surface area contributed by atoms with Crippen molar-refractivity contribution in [3.63, 3.8) is 0 Å². The van der Waals surface area contributed by atoms with E-state index in [1.807, 2.05) is 0 Å². The summed E-state index contributed by atoms with van der Waals surface area (Å²) in [5.74, 6) is 2.64. The Labute approximate surface area is 363 Å². The molecule has 1 spiro atoms. The topological polar surface area (TPSA) is 256 Å². The Balaban J connectivity index is 0.877. The zero-order valence-corrected chi connectivity index (χ0v) is 36.6. The molecule has 0 aromatic heterocycles. The van der Waals surface area contributed by atoms with Gasteiger partial charge in [0.05, 0.1) is 38.1 Å². The molecular formula is C45H72O17. The smallest absolute Gasteiger partial charge is 0.187 e. The van der Waals surface area contributed by atoms with Crippen LogP contribution < -0.4 is 0 Å². The van der Waals surface area contributed by atoms with E-state index in [-0.39, 0.29) is 23.0 Å². The molecule has 0 unspecified atom stereocenters. The molecule has 5 saturated heterocycles. The first-order valence-corrected chi connectivity index (χ1v) is 23.4. The van der Waals surface area contributed by atoms with Crippen molar-refractivity contribution in [2.75, 3.05) is 19.8 Å². The molecule has 4 aliphatic carbocycles. The van der Waals surface area contributed by atoms with Gasteiger partial charge in [0.2, 0.25) is 0 Å². The van der Waals surface area contributed by atoms with E-state index in [4.69, 9.17) is 37.9 Å². The van der Waals surface area contributed by atoms with Crippen molar-refractivity contribution in [2.24, 2.45) is 46.3 Å². The first-order chi connectivity index (χ1) is 29.4. The Morgan fingerprint density at radius 1 is 0.677 bits per heavy atom. The van der Waals surface area contributed by atoms with Gasteiger partial charge < -0.3 is 83.9 Å². The number of allylic oxidation sites excluding steroid dienone is 1. The monoisotopic (exact) mass is 884 g/mol. The number of aliphatic hydroxyl groups is 9. The van der Waals surface area contributed by atoms with E-state index < -0.39 is 111 Å². The van der Waals surface area contributed by atoms with Gasteiger partial charge in [-0.2, -0.15) is 0 Å². The molecule has 8 fully saturated rings. The van der Waals surface area contributed by atoms with Crippen molar-refractivity contribution in [2.45, 2.75) is 203 Å². The highest BCUT2D eigenvalue weighted by atomic mass is 16.8. The highest BCUT2D eigenvalue weighted by Gasteiger charge is 2.69. The van der Waals surface area contributed by atoms with Gasteiger partial charge in [-0.3, -0.25) is 0 Å². The Kier molecular flexibility index (Phi) is 12.9. The molecular weight excluding hydrogens is 812 g/mol. The molecule has 0 aromatic carbocycles. The SMILES string of the molecule is C[C@@H]1CC[C@@]2(OC1)O[C@H]1C[C@H]3[C@@H]4CC=C5C[C@@H](O[C@@H]6O[C@H](CO)[C@@H](O)[C@H](O[C@@H]7O[C@H](CO)[C@@H](O)[C@H](O)[C@H]7O[C@@H]7O[C@@H](C)[C@H](O)[C@@H](O)[C@H]7O)[C@H]6O)CC[C@]5(C)[C@H]4CC[C@]3(C)[C@H]1[C@@H]2C. The number of hydrogen-bond acceptors (Lipinski definition) is 17. The van der Waals surface area contributed by atoms with Crippen LogP contribution in [0.2, 0.25) is 0 Å². The molecule has 9 N–H and O–H groups in total. The molecule has 3 saturated carbocycles. The highest BCUT2D eigenvalue weighted by Crippen LogP contribution is 2.70. The standard InChI is InChI=1S/C45H72O17/c1-19-8-13-45(55-18-19)20(2)30-27(62-45)15-26-24-7-6-22-14-23(9-11-43(22,4)25(24)10-12-44(26,30)5)57-41-37(54)38(33(50)29(17-47)58-41)60-42-39(35(52)32(49)28(16-46)59-42)61-40-36(53)34(51)31(48)21(3)56-40/h6,19-21,23-42,46-54H,7-18H2,1-5H3/t19-,20+,21+,23+,24-,25+,26+,27+,28-,29-,30+,31+,32-,33-,34-,35+,36-,37-,38+,39-,40+,41-,42+,43+,44+,45-/m1/s1.